The number of fused-ring (bicyclic) bond motifs is 1. The molecule has 23 heavy (non-hydrogen) atoms. The van der Waals surface area contributed by atoms with E-state index >= 15 is 0 Å². The largest absolute Gasteiger partial charge is 0.416 e. The van der Waals surface area contributed by atoms with E-state index in [2.05, 4.69) is 5.10 Å². The summed E-state index contributed by atoms with van der Waals surface area (Å²) in [6.45, 7) is 0. The standard InChI is InChI=1S/C15H10F3N3O2/c1-20-14-11(5-6-13(21(22)23)12(14)8-19-20)9-3-2-4-10(7-9)15(16,17)18/h2-8H,1H3. The van der Waals surface area contributed by atoms with Crippen LogP contribution in [0.5, 0.6) is 0 Å². The first kappa shape index (κ1) is 15.0. The lowest BCUT2D eigenvalue weighted by Crippen LogP contribution is -2.04. The van der Waals surface area contributed by atoms with Crippen LogP contribution in [-0.2, 0) is 13.2 Å². The van der Waals surface area contributed by atoms with Gasteiger partial charge >= 0.3 is 6.18 Å². The quantitative estimate of drug-likeness (QED) is 0.526. The molecule has 0 fully saturated rings. The average Bonchev–Trinajstić information content (AvgIpc) is 2.88. The van der Waals surface area contributed by atoms with Crippen LogP contribution in [0.3, 0.4) is 0 Å². The molecule has 0 aliphatic heterocycles. The maximum Gasteiger partial charge on any atom is 0.416 e. The fourth-order valence-corrected chi connectivity index (χ4v) is 2.53. The van der Waals surface area contributed by atoms with Gasteiger partial charge in [0.2, 0.25) is 0 Å². The van der Waals surface area contributed by atoms with Gasteiger partial charge in [-0.3, -0.25) is 14.8 Å². The molecule has 118 valence electrons. The summed E-state index contributed by atoms with van der Waals surface area (Å²) in [5, 5.41) is 15.3. The van der Waals surface area contributed by atoms with Crippen molar-refractivity contribution < 1.29 is 18.1 Å². The molecule has 0 bridgehead atoms. The Morgan fingerprint density at radius 2 is 1.96 bits per heavy atom. The third-order valence-electron chi connectivity index (χ3n) is 3.58. The van der Waals surface area contributed by atoms with Gasteiger partial charge in [0.05, 0.1) is 27.6 Å². The molecular formula is C15H10F3N3O2. The van der Waals surface area contributed by atoms with Crippen molar-refractivity contribution in [3.8, 4) is 11.1 Å². The lowest BCUT2D eigenvalue weighted by atomic mass is 10.00. The second-order valence-electron chi connectivity index (χ2n) is 5.00. The number of nitro groups is 1. The Morgan fingerprint density at radius 1 is 1.22 bits per heavy atom. The predicted octanol–water partition coefficient (Wildman–Crippen LogP) is 4.17. The number of aromatic nitrogens is 2. The van der Waals surface area contributed by atoms with Crippen LogP contribution >= 0.6 is 0 Å². The Hall–Kier alpha value is -2.90. The topological polar surface area (TPSA) is 61.0 Å². The van der Waals surface area contributed by atoms with E-state index in [4.69, 9.17) is 0 Å². The zero-order valence-electron chi connectivity index (χ0n) is 11.8. The van der Waals surface area contributed by atoms with Gasteiger partial charge < -0.3 is 0 Å². The lowest BCUT2D eigenvalue weighted by molar-refractivity contribution is -0.383. The minimum absolute atomic E-state index is 0.135. The van der Waals surface area contributed by atoms with Gasteiger partial charge in [0, 0.05) is 18.7 Å². The number of hydrogen-bond donors (Lipinski definition) is 0. The van der Waals surface area contributed by atoms with Crippen LogP contribution in [0.15, 0.2) is 42.6 Å². The summed E-state index contributed by atoms with van der Waals surface area (Å²) >= 11 is 0. The minimum atomic E-state index is -4.46. The molecule has 5 nitrogen and oxygen atoms in total. The first-order valence-corrected chi connectivity index (χ1v) is 6.56. The van der Waals surface area contributed by atoms with Gasteiger partial charge in [-0.1, -0.05) is 12.1 Å². The van der Waals surface area contributed by atoms with Crippen molar-refractivity contribution in [3.05, 3.63) is 58.3 Å². The van der Waals surface area contributed by atoms with Crippen LogP contribution in [0, 0.1) is 10.1 Å². The first-order valence-electron chi connectivity index (χ1n) is 6.56. The van der Waals surface area contributed by atoms with E-state index in [1.807, 2.05) is 0 Å². The average molecular weight is 321 g/mol. The van der Waals surface area contributed by atoms with Crippen molar-refractivity contribution in [1.82, 2.24) is 9.78 Å². The van der Waals surface area contributed by atoms with Gasteiger partial charge in [-0.15, -0.1) is 0 Å². The molecule has 3 rings (SSSR count). The van der Waals surface area contributed by atoms with Crippen molar-refractivity contribution in [3.63, 3.8) is 0 Å². The van der Waals surface area contributed by atoms with Crippen molar-refractivity contribution in [1.29, 1.82) is 0 Å². The van der Waals surface area contributed by atoms with E-state index in [1.54, 1.807) is 7.05 Å². The van der Waals surface area contributed by atoms with Gasteiger partial charge in [0.15, 0.2) is 0 Å². The number of hydrogen-bond acceptors (Lipinski definition) is 3. The van der Waals surface area contributed by atoms with Crippen LogP contribution in [-0.4, -0.2) is 14.7 Å². The number of rotatable bonds is 2. The van der Waals surface area contributed by atoms with Crippen molar-refractivity contribution in [2.45, 2.75) is 6.18 Å². The van der Waals surface area contributed by atoms with E-state index in [9.17, 15) is 23.3 Å². The maximum absolute atomic E-state index is 12.9. The van der Waals surface area contributed by atoms with Gasteiger partial charge in [0.1, 0.15) is 0 Å². The Bertz CT molecular complexity index is 916. The highest BCUT2D eigenvalue weighted by Gasteiger charge is 2.30. The third kappa shape index (κ3) is 2.52. The number of nitro benzene ring substituents is 1. The van der Waals surface area contributed by atoms with Crippen molar-refractivity contribution in [2.24, 2.45) is 7.05 Å². The molecule has 0 saturated carbocycles. The lowest BCUT2D eigenvalue weighted by Gasteiger charge is -2.10. The molecule has 0 N–H and O–H groups in total. The summed E-state index contributed by atoms with van der Waals surface area (Å²) in [6, 6.07) is 7.56. The van der Waals surface area contributed by atoms with Gasteiger partial charge in [-0.2, -0.15) is 18.3 Å². The van der Waals surface area contributed by atoms with Gasteiger partial charge in [0.25, 0.3) is 5.69 Å². The summed E-state index contributed by atoms with van der Waals surface area (Å²) in [7, 11) is 1.59. The number of halogens is 3. The minimum Gasteiger partial charge on any atom is -0.267 e. The Morgan fingerprint density at radius 3 is 2.61 bits per heavy atom. The highest BCUT2D eigenvalue weighted by atomic mass is 19.4. The number of nitrogens with zero attached hydrogens (tertiary/aromatic N) is 3. The molecule has 0 amide bonds. The van der Waals surface area contributed by atoms with Crippen molar-refractivity contribution in [2.75, 3.05) is 0 Å². The molecule has 2 aromatic carbocycles. The van der Waals surface area contributed by atoms with Gasteiger partial charge in [-0.25, -0.2) is 0 Å². The Labute approximate surface area is 128 Å². The number of aryl methyl sites for hydroxylation is 1. The summed E-state index contributed by atoms with van der Waals surface area (Å²) in [4.78, 5) is 10.5. The van der Waals surface area contributed by atoms with Crippen LogP contribution in [0.1, 0.15) is 5.56 Å². The smallest absolute Gasteiger partial charge is 0.267 e. The van der Waals surface area contributed by atoms with E-state index in [-0.39, 0.29) is 11.1 Å². The molecule has 0 spiro atoms. The number of non-ortho nitro benzene ring substituents is 1. The normalized spacial score (nSPS) is 11.8. The summed E-state index contributed by atoms with van der Waals surface area (Å²) < 4.78 is 40.1. The number of alkyl halides is 3. The van der Waals surface area contributed by atoms with E-state index < -0.39 is 16.7 Å². The van der Waals surface area contributed by atoms with Crippen LogP contribution in [0.4, 0.5) is 18.9 Å². The molecule has 3 aromatic rings. The first-order chi connectivity index (χ1) is 10.8. The molecule has 0 radical (unpaired) electrons. The zero-order chi connectivity index (χ0) is 16.8. The van der Waals surface area contributed by atoms with Crippen LogP contribution < -0.4 is 0 Å². The summed E-state index contributed by atoms with van der Waals surface area (Å²) in [5.74, 6) is 0. The van der Waals surface area contributed by atoms with Crippen molar-refractivity contribution >= 4 is 16.6 Å². The molecule has 0 unspecified atom stereocenters. The fraction of sp³-hybridized carbons (Fsp3) is 0.133. The Balaban J connectivity index is 2.28. The summed E-state index contributed by atoms with van der Waals surface area (Å²) in [5.41, 5.74) is 0.283. The highest BCUT2D eigenvalue weighted by molar-refractivity contribution is 5.99. The van der Waals surface area contributed by atoms with Crippen LogP contribution in [0.25, 0.3) is 22.0 Å². The zero-order valence-corrected chi connectivity index (χ0v) is 11.8. The highest BCUT2D eigenvalue weighted by Crippen LogP contribution is 2.36. The molecule has 0 saturated heterocycles. The maximum atomic E-state index is 12.9. The number of benzene rings is 2. The molecule has 0 aliphatic rings. The molecule has 8 heteroatoms. The van der Waals surface area contributed by atoms with E-state index in [0.29, 0.717) is 16.6 Å². The fourth-order valence-electron chi connectivity index (χ4n) is 2.53. The van der Waals surface area contributed by atoms with Crippen LogP contribution in [0.2, 0.25) is 0 Å². The second kappa shape index (κ2) is 5.08. The third-order valence-corrected chi connectivity index (χ3v) is 3.58. The molecule has 1 heterocycles. The summed E-state index contributed by atoms with van der Waals surface area (Å²) in [6.07, 6.45) is -3.12. The predicted molar refractivity (Wildman–Crippen MR) is 77.8 cm³/mol. The van der Waals surface area contributed by atoms with Gasteiger partial charge in [-0.05, 0) is 23.8 Å². The second-order valence-corrected chi connectivity index (χ2v) is 5.00. The SMILES string of the molecule is Cn1ncc2c([N+](=O)[O-])ccc(-c3cccc(C(F)(F)F)c3)c21. The Kier molecular flexibility index (Phi) is 3.32. The van der Waals surface area contributed by atoms with E-state index in [1.165, 1.54) is 35.1 Å². The van der Waals surface area contributed by atoms with E-state index in [0.717, 1.165) is 12.1 Å². The monoisotopic (exact) mass is 321 g/mol. The molecule has 0 aliphatic carbocycles. The molecular weight excluding hydrogens is 311 g/mol. The molecule has 1 aromatic heterocycles. The molecule has 0 atom stereocenters.